The van der Waals surface area contributed by atoms with E-state index in [1.54, 1.807) is 19.2 Å². The normalized spacial score (nSPS) is 12.2. The molecule has 1 rings (SSSR count). The Morgan fingerprint density at radius 3 is 2.93 bits per heavy atom. The molecule has 78 valence electrons. The molecule has 1 aromatic rings. The van der Waals surface area contributed by atoms with E-state index in [-0.39, 0.29) is 6.10 Å². The van der Waals surface area contributed by atoms with Crippen molar-refractivity contribution in [3.05, 3.63) is 12.3 Å². The van der Waals surface area contributed by atoms with Gasteiger partial charge < -0.3 is 15.7 Å². The fourth-order valence-corrected chi connectivity index (χ4v) is 0.953. The van der Waals surface area contributed by atoms with Crippen molar-refractivity contribution in [2.45, 2.75) is 20.0 Å². The van der Waals surface area contributed by atoms with Crippen LogP contribution in [-0.2, 0) is 0 Å². The fourth-order valence-electron chi connectivity index (χ4n) is 0.953. The summed E-state index contributed by atoms with van der Waals surface area (Å²) < 4.78 is 0. The number of hydrogen-bond donors (Lipinski definition) is 3. The van der Waals surface area contributed by atoms with Gasteiger partial charge in [-0.15, -0.1) is 0 Å². The first-order valence-corrected chi connectivity index (χ1v) is 4.71. The summed E-state index contributed by atoms with van der Waals surface area (Å²) in [6, 6.07) is 1.77. The quantitative estimate of drug-likeness (QED) is 0.646. The maximum Gasteiger partial charge on any atom is 0.224 e. The summed E-state index contributed by atoms with van der Waals surface area (Å²) in [7, 11) is 0. The summed E-state index contributed by atoms with van der Waals surface area (Å²) in [5.74, 6) is 1.32. The van der Waals surface area contributed by atoms with Crippen LogP contribution in [0.25, 0.3) is 0 Å². The van der Waals surface area contributed by atoms with Crippen molar-refractivity contribution in [3.8, 4) is 0 Å². The Balaban J connectivity index is 2.54. The molecular formula is C9H16N4O. The van der Waals surface area contributed by atoms with E-state index in [4.69, 9.17) is 5.11 Å². The zero-order valence-corrected chi connectivity index (χ0v) is 8.49. The number of aliphatic hydroxyl groups is 1. The van der Waals surface area contributed by atoms with Crippen molar-refractivity contribution in [3.63, 3.8) is 0 Å². The molecule has 3 N–H and O–H groups in total. The third-order valence-electron chi connectivity index (χ3n) is 1.57. The Morgan fingerprint density at radius 2 is 2.29 bits per heavy atom. The standard InChI is InChI=1S/C9H16N4O/c1-3-10-9-11-5-4-8(13-9)12-6-7(2)14/h4-5,7,14H,3,6H2,1-2H3,(H2,10,11,12,13). The summed E-state index contributed by atoms with van der Waals surface area (Å²) >= 11 is 0. The molecule has 0 aliphatic heterocycles. The van der Waals surface area contributed by atoms with Gasteiger partial charge in [0.2, 0.25) is 5.95 Å². The second kappa shape index (κ2) is 5.39. The van der Waals surface area contributed by atoms with E-state index in [0.29, 0.717) is 12.5 Å². The van der Waals surface area contributed by atoms with Crippen LogP contribution in [-0.4, -0.2) is 34.3 Å². The van der Waals surface area contributed by atoms with Gasteiger partial charge in [0.1, 0.15) is 5.82 Å². The fraction of sp³-hybridized carbons (Fsp3) is 0.556. The number of aliphatic hydroxyl groups excluding tert-OH is 1. The van der Waals surface area contributed by atoms with E-state index >= 15 is 0 Å². The molecule has 1 unspecified atom stereocenters. The summed E-state index contributed by atoms with van der Waals surface area (Å²) in [4.78, 5) is 8.22. The highest BCUT2D eigenvalue weighted by molar-refractivity contribution is 5.39. The molecular weight excluding hydrogens is 180 g/mol. The van der Waals surface area contributed by atoms with Gasteiger partial charge in [-0.05, 0) is 19.9 Å². The molecule has 14 heavy (non-hydrogen) atoms. The molecule has 0 saturated heterocycles. The Hall–Kier alpha value is -1.36. The first-order chi connectivity index (χ1) is 6.72. The van der Waals surface area contributed by atoms with Gasteiger partial charge in [-0.1, -0.05) is 0 Å². The number of anilines is 2. The van der Waals surface area contributed by atoms with Gasteiger partial charge in [0.25, 0.3) is 0 Å². The molecule has 0 saturated carbocycles. The van der Waals surface area contributed by atoms with Crippen LogP contribution in [0.3, 0.4) is 0 Å². The van der Waals surface area contributed by atoms with Gasteiger partial charge in [-0.3, -0.25) is 0 Å². The van der Waals surface area contributed by atoms with Gasteiger partial charge in [-0.25, -0.2) is 4.98 Å². The lowest BCUT2D eigenvalue weighted by molar-refractivity contribution is 0.208. The van der Waals surface area contributed by atoms with Gasteiger partial charge in [-0.2, -0.15) is 4.98 Å². The van der Waals surface area contributed by atoms with Crippen LogP contribution in [0.4, 0.5) is 11.8 Å². The molecule has 0 aliphatic carbocycles. The highest BCUT2D eigenvalue weighted by Crippen LogP contribution is 2.04. The van der Waals surface area contributed by atoms with Crippen LogP contribution in [0.5, 0.6) is 0 Å². The summed E-state index contributed by atoms with van der Waals surface area (Å²) in [6.45, 7) is 4.99. The van der Waals surface area contributed by atoms with E-state index in [2.05, 4.69) is 20.6 Å². The average molecular weight is 196 g/mol. The van der Waals surface area contributed by atoms with Crippen molar-refractivity contribution in [1.82, 2.24) is 9.97 Å². The predicted octanol–water partition coefficient (Wildman–Crippen LogP) is 0.701. The van der Waals surface area contributed by atoms with Crippen molar-refractivity contribution < 1.29 is 5.11 Å². The molecule has 0 fully saturated rings. The molecule has 5 heteroatoms. The molecule has 0 aliphatic rings. The highest BCUT2D eigenvalue weighted by atomic mass is 16.3. The van der Waals surface area contributed by atoms with Gasteiger partial charge in [0, 0.05) is 19.3 Å². The zero-order valence-electron chi connectivity index (χ0n) is 8.49. The molecule has 0 spiro atoms. The van der Waals surface area contributed by atoms with Gasteiger partial charge in [0.05, 0.1) is 6.10 Å². The molecule has 0 aromatic carbocycles. The number of aromatic nitrogens is 2. The van der Waals surface area contributed by atoms with Crippen molar-refractivity contribution in [2.75, 3.05) is 23.7 Å². The second-order valence-electron chi connectivity index (χ2n) is 3.03. The van der Waals surface area contributed by atoms with E-state index in [0.717, 1.165) is 12.4 Å². The van der Waals surface area contributed by atoms with Gasteiger partial charge >= 0.3 is 0 Å². The lowest BCUT2D eigenvalue weighted by atomic mass is 10.4. The zero-order chi connectivity index (χ0) is 10.4. The highest BCUT2D eigenvalue weighted by Gasteiger charge is 1.99. The number of hydrogen-bond acceptors (Lipinski definition) is 5. The van der Waals surface area contributed by atoms with Crippen LogP contribution in [0, 0.1) is 0 Å². The SMILES string of the molecule is CCNc1nccc(NCC(C)O)n1. The summed E-state index contributed by atoms with van der Waals surface area (Å²) in [6.07, 6.45) is 1.29. The number of rotatable bonds is 5. The topological polar surface area (TPSA) is 70.1 Å². The number of nitrogens with zero attached hydrogens (tertiary/aromatic N) is 2. The first-order valence-electron chi connectivity index (χ1n) is 4.71. The Morgan fingerprint density at radius 1 is 1.50 bits per heavy atom. The molecule has 1 aromatic heterocycles. The maximum atomic E-state index is 9.06. The average Bonchev–Trinajstić information content (AvgIpc) is 2.16. The maximum absolute atomic E-state index is 9.06. The van der Waals surface area contributed by atoms with Gasteiger partial charge in [0.15, 0.2) is 0 Å². The predicted molar refractivity (Wildman–Crippen MR) is 56.4 cm³/mol. The number of nitrogens with one attached hydrogen (secondary N) is 2. The van der Waals surface area contributed by atoms with Crippen LogP contribution < -0.4 is 10.6 Å². The van der Waals surface area contributed by atoms with Crippen LogP contribution in [0.15, 0.2) is 12.3 Å². The third kappa shape index (κ3) is 3.57. The minimum absolute atomic E-state index is 0.382. The third-order valence-corrected chi connectivity index (χ3v) is 1.57. The van der Waals surface area contributed by atoms with Crippen molar-refractivity contribution in [2.24, 2.45) is 0 Å². The second-order valence-corrected chi connectivity index (χ2v) is 3.03. The van der Waals surface area contributed by atoms with Crippen LogP contribution >= 0.6 is 0 Å². The van der Waals surface area contributed by atoms with Crippen LogP contribution in [0.1, 0.15) is 13.8 Å². The molecule has 1 atom stereocenters. The summed E-state index contributed by atoms with van der Waals surface area (Å²) in [5, 5.41) is 15.1. The van der Waals surface area contributed by atoms with E-state index in [9.17, 15) is 0 Å². The van der Waals surface area contributed by atoms with Crippen molar-refractivity contribution in [1.29, 1.82) is 0 Å². The molecule has 1 heterocycles. The Bertz CT molecular complexity index is 277. The van der Waals surface area contributed by atoms with E-state index < -0.39 is 0 Å². The Labute approximate surface area is 83.6 Å². The minimum atomic E-state index is -0.382. The molecule has 0 radical (unpaired) electrons. The molecule has 0 bridgehead atoms. The first kappa shape index (κ1) is 10.7. The lowest BCUT2D eigenvalue weighted by Crippen LogP contribution is -2.16. The lowest BCUT2D eigenvalue weighted by Gasteiger charge is -2.08. The summed E-state index contributed by atoms with van der Waals surface area (Å²) in [5.41, 5.74) is 0. The van der Waals surface area contributed by atoms with Crippen LogP contribution in [0.2, 0.25) is 0 Å². The van der Waals surface area contributed by atoms with Crippen molar-refractivity contribution >= 4 is 11.8 Å². The molecule has 0 amide bonds. The van der Waals surface area contributed by atoms with E-state index in [1.165, 1.54) is 0 Å². The monoisotopic (exact) mass is 196 g/mol. The largest absolute Gasteiger partial charge is 0.392 e. The van der Waals surface area contributed by atoms with E-state index in [1.807, 2.05) is 6.92 Å². The Kier molecular flexibility index (Phi) is 4.12. The smallest absolute Gasteiger partial charge is 0.224 e. The molecule has 5 nitrogen and oxygen atoms in total. The minimum Gasteiger partial charge on any atom is -0.392 e.